The molecule has 0 radical (unpaired) electrons. The van der Waals surface area contributed by atoms with Crippen LogP contribution < -0.4 is 0 Å². The van der Waals surface area contributed by atoms with Gasteiger partial charge in [-0.15, -0.1) is 0 Å². The first-order valence-corrected chi connectivity index (χ1v) is 6.23. The molecular formula is C13H18O2. The van der Waals surface area contributed by atoms with E-state index in [0.29, 0.717) is 36.1 Å². The molecule has 0 aromatic rings. The number of rotatable bonds is 0. The van der Waals surface area contributed by atoms with Gasteiger partial charge < -0.3 is 9.47 Å². The number of hydrogen-bond acceptors (Lipinski definition) is 2. The molecule has 0 N–H and O–H groups in total. The highest BCUT2D eigenvalue weighted by atomic mass is 16.5. The van der Waals surface area contributed by atoms with Crippen molar-refractivity contribution in [1.29, 1.82) is 0 Å². The van der Waals surface area contributed by atoms with Crippen LogP contribution in [-0.2, 0) is 9.47 Å². The maximum Gasteiger partial charge on any atom is 0.0875 e. The lowest BCUT2D eigenvalue weighted by Crippen LogP contribution is -2.31. The SMILES string of the molecule is C[C@@H]1C[C@H](C)O[C@@H]2C[C@@H]3C=CC4[C@H]2C43O1. The molecular weight excluding hydrogens is 188 g/mol. The van der Waals surface area contributed by atoms with Gasteiger partial charge in [0.2, 0.25) is 0 Å². The summed E-state index contributed by atoms with van der Waals surface area (Å²) >= 11 is 0. The van der Waals surface area contributed by atoms with Crippen molar-refractivity contribution in [1.82, 2.24) is 0 Å². The Labute approximate surface area is 90.6 Å². The summed E-state index contributed by atoms with van der Waals surface area (Å²) in [5.41, 5.74) is 0.185. The van der Waals surface area contributed by atoms with E-state index in [1.807, 2.05) is 0 Å². The molecule has 2 unspecified atom stereocenters. The molecule has 3 aliphatic carbocycles. The van der Waals surface area contributed by atoms with Crippen molar-refractivity contribution in [2.45, 2.75) is 50.6 Å². The van der Waals surface area contributed by atoms with Crippen LogP contribution in [0.3, 0.4) is 0 Å². The predicted molar refractivity (Wildman–Crippen MR) is 56.5 cm³/mol. The molecule has 1 spiro atoms. The monoisotopic (exact) mass is 206 g/mol. The molecule has 2 nitrogen and oxygen atoms in total. The van der Waals surface area contributed by atoms with Crippen LogP contribution >= 0.6 is 0 Å². The fourth-order valence-corrected chi connectivity index (χ4v) is 4.39. The predicted octanol–water partition coefficient (Wildman–Crippen LogP) is 2.14. The Morgan fingerprint density at radius 1 is 1.13 bits per heavy atom. The Bertz CT molecular complexity index is 337. The van der Waals surface area contributed by atoms with Crippen molar-refractivity contribution >= 4 is 0 Å². The molecule has 2 heteroatoms. The zero-order chi connectivity index (χ0) is 10.2. The Morgan fingerprint density at radius 2 is 2.00 bits per heavy atom. The van der Waals surface area contributed by atoms with Gasteiger partial charge in [-0.25, -0.2) is 0 Å². The maximum absolute atomic E-state index is 6.36. The molecule has 0 aromatic heterocycles. The van der Waals surface area contributed by atoms with E-state index in [-0.39, 0.29) is 5.60 Å². The number of ether oxygens (including phenoxy) is 2. The van der Waals surface area contributed by atoms with Crippen LogP contribution in [0.25, 0.3) is 0 Å². The van der Waals surface area contributed by atoms with Gasteiger partial charge >= 0.3 is 0 Å². The minimum absolute atomic E-state index is 0.185. The van der Waals surface area contributed by atoms with Crippen LogP contribution in [0.1, 0.15) is 26.7 Å². The van der Waals surface area contributed by atoms with Crippen LogP contribution in [0.4, 0.5) is 0 Å². The number of hydrogen-bond donors (Lipinski definition) is 0. The van der Waals surface area contributed by atoms with Gasteiger partial charge in [0.1, 0.15) is 0 Å². The van der Waals surface area contributed by atoms with Crippen LogP contribution in [0.2, 0.25) is 0 Å². The van der Waals surface area contributed by atoms with Gasteiger partial charge in [-0.05, 0) is 26.7 Å². The Morgan fingerprint density at radius 3 is 2.80 bits per heavy atom. The Hall–Kier alpha value is -0.340. The third kappa shape index (κ3) is 0.891. The average Bonchev–Trinajstić information content (AvgIpc) is 2.56. The molecule has 15 heavy (non-hydrogen) atoms. The van der Waals surface area contributed by atoms with E-state index in [1.54, 1.807) is 0 Å². The van der Waals surface area contributed by atoms with Gasteiger partial charge in [0.15, 0.2) is 0 Å². The van der Waals surface area contributed by atoms with E-state index in [0.717, 1.165) is 6.42 Å². The molecule has 2 bridgehead atoms. The Balaban J connectivity index is 1.72. The van der Waals surface area contributed by atoms with Crippen LogP contribution in [-0.4, -0.2) is 23.9 Å². The van der Waals surface area contributed by atoms with Crippen molar-refractivity contribution in [3.8, 4) is 0 Å². The normalized spacial score (nSPS) is 64.9. The summed E-state index contributed by atoms with van der Waals surface area (Å²) in [6.45, 7) is 4.38. The van der Waals surface area contributed by atoms with E-state index >= 15 is 0 Å². The molecule has 1 heterocycles. The summed E-state index contributed by atoms with van der Waals surface area (Å²) in [7, 11) is 0. The van der Waals surface area contributed by atoms with Crippen LogP contribution in [0.15, 0.2) is 12.2 Å². The first-order chi connectivity index (χ1) is 7.22. The van der Waals surface area contributed by atoms with Gasteiger partial charge in [0, 0.05) is 17.8 Å². The molecule has 1 saturated heterocycles. The molecule has 4 aliphatic rings. The molecule has 7 atom stereocenters. The van der Waals surface area contributed by atoms with E-state index in [1.165, 1.54) is 6.42 Å². The highest BCUT2D eigenvalue weighted by Gasteiger charge is 2.78. The van der Waals surface area contributed by atoms with Crippen LogP contribution in [0, 0.1) is 17.8 Å². The fourth-order valence-electron chi connectivity index (χ4n) is 4.39. The summed E-state index contributed by atoms with van der Waals surface area (Å²) in [6, 6.07) is 0. The quantitative estimate of drug-likeness (QED) is 0.565. The van der Waals surface area contributed by atoms with Gasteiger partial charge in [-0.2, -0.15) is 0 Å². The van der Waals surface area contributed by atoms with Gasteiger partial charge in [-0.3, -0.25) is 0 Å². The standard InChI is InChI=1S/C13H18O2/c1-7-5-8(2)15-13-9-3-4-10(13)12(13)11(6-9)14-7/h3-4,7-12H,5-6H2,1-2H3/t7-,8+,9-,10?,11+,12+,13?/m0/s1. The fraction of sp³-hybridized carbons (Fsp3) is 0.846. The van der Waals surface area contributed by atoms with E-state index in [9.17, 15) is 0 Å². The zero-order valence-corrected chi connectivity index (χ0v) is 9.35. The molecule has 82 valence electrons. The van der Waals surface area contributed by atoms with Crippen molar-refractivity contribution in [3.63, 3.8) is 0 Å². The minimum atomic E-state index is 0.185. The lowest BCUT2D eigenvalue weighted by molar-refractivity contribution is -0.0939. The van der Waals surface area contributed by atoms with E-state index in [4.69, 9.17) is 9.47 Å². The molecule has 3 fully saturated rings. The molecule has 0 aromatic carbocycles. The van der Waals surface area contributed by atoms with E-state index < -0.39 is 0 Å². The average molecular weight is 206 g/mol. The molecule has 1 aliphatic heterocycles. The third-order valence-corrected chi connectivity index (χ3v) is 4.81. The second-order valence-electron chi connectivity index (χ2n) is 5.78. The maximum atomic E-state index is 6.36. The van der Waals surface area contributed by atoms with Crippen molar-refractivity contribution in [2.24, 2.45) is 17.8 Å². The smallest absolute Gasteiger partial charge is 0.0875 e. The van der Waals surface area contributed by atoms with Crippen LogP contribution in [0.5, 0.6) is 0 Å². The van der Waals surface area contributed by atoms with Crippen molar-refractivity contribution < 1.29 is 9.47 Å². The van der Waals surface area contributed by atoms with E-state index in [2.05, 4.69) is 26.0 Å². The topological polar surface area (TPSA) is 18.5 Å². The highest BCUT2D eigenvalue weighted by Crippen LogP contribution is 2.72. The summed E-state index contributed by atoms with van der Waals surface area (Å²) < 4.78 is 12.5. The summed E-state index contributed by atoms with van der Waals surface area (Å²) in [6.07, 6.45) is 8.17. The second-order valence-corrected chi connectivity index (χ2v) is 5.78. The zero-order valence-electron chi connectivity index (χ0n) is 9.35. The second kappa shape index (κ2) is 2.49. The summed E-state index contributed by atoms with van der Waals surface area (Å²) in [5, 5.41) is 0. The first-order valence-electron chi connectivity index (χ1n) is 6.23. The van der Waals surface area contributed by atoms with Gasteiger partial charge in [0.25, 0.3) is 0 Å². The molecule has 4 rings (SSSR count). The molecule has 0 amide bonds. The minimum Gasteiger partial charge on any atom is -0.375 e. The van der Waals surface area contributed by atoms with Crippen molar-refractivity contribution in [3.05, 3.63) is 12.2 Å². The van der Waals surface area contributed by atoms with Gasteiger partial charge in [0.05, 0.1) is 23.9 Å². The molecule has 2 saturated carbocycles. The third-order valence-electron chi connectivity index (χ3n) is 4.81. The van der Waals surface area contributed by atoms with Gasteiger partial charge in [-0.1, -0.05) is 12.2 Å². The highest BCUT2D eigenvalue weighted by molar-refractivity contribution is 5.38. The van der Waals surface area contributed by atoms with Crippen molar-refractivity contribution in [2.75, 3.05) is 0 Å². The Kier molecular flexibility index (Phi) is 1.46. The largest absolute Gasteiger partial charge is 0.375 e. The lowest BCUT2D eigenvalue weighted by atomic mass is 10.0. The lowest BCUT2D eigenvalue weighted by Gasteiger charge is -2.27. The first kappa shape index (κ1) is 8.77. The summed E-state index contributed by atoms with van der Waals surface area (Å²) in [5.74, 6) is 2.00. The summed E-state index contributed by atoms with van der Waals surface area (Å²) in [4.78, 5) is 0.